The maximum Gasteiger partial charge on any atom is 0.321 e. The van der Waals surface area contributed by atoms with Gasteiger partial charge in [0, 0.05) is 18.9 Å². The minimum Gasteiger partial charge on any atom is -0.349 e. The summed E-state index contributed by atoms with van der Waals surface area (Å²) >= 11 is 0. The van der Waals surface area contributed by atoms with Crippen LogP contribution >= 0.6 is 0 Å². The van der Waals surface area contributed by atoms with Crippen molar-refractivity contribution in [1.82, 2.24) is 15.5 Å². The molecule has 0 spiro atoms. The van der Waals surface area contributed by atoms with E-state index in [9.17, 15) is 4.79 Å². The predicted molar refractivity (Wildman–Crippen MR) is 62.7 cm³/mol. The Kier molecular flexibility index (Phi) is 3.04. The molecule has 17 heavy (non-hydrogen) atoms. The molecule has 1 amide bonds. The molecule has 94 valence electrons. The summed E-state index contributed by atoms with van der Waals surface area (Å²) < 4.78 is 5.07. The lowest BCUT2D eigenvalue weighted by molar-refractivity contribution is -0.119. The summed E-state index contributed by atoms with van der Waals surface area (Å²) in [6.45, 7) is 6.61. The van der Waals surface area contributed by atoms with E-state index in [-0.39, 0.29) is 17.4 Å². The summed E-state index contributed by atoms with van der Waals surface area (Å²) in [5.74, 6) is 1.03. The van der Waals surface area contributed by atoms with Crippen molar-refractivity contribution in [2.24, 2.45) is 0 Å². The van der Waals surface area contributed by atoms with Gasteiger partial charge in [0.05, 0.1) is 5.54 Å². The SMILES string of the molecule is CC(C)c1noc(NCC2(C)CCC(=O)N2)n1. The molecule has 1 aliphatic heterocycles. The van der Waals surface area contributed by atoms with Gasteiger partial charge in [-0.1, -0.05) is 19.0 Å². The number of rotatable bonds is 4. The van der Waals surface area contributed by atoms with Gasteiger partial charge in [0.1, 0.15) is 0 Å². The number of carbonyl (C=O) groups is 1. The molecule has 1 aliphatic rings. The van der Waals surface area contributed by atoms with Gasteiger partial charge in [0.15, 0.2) is 5.82 Å². The molecule has 1 atom stereocenters. The van der Waals surface area contributed by atoms with Crippen molar-refractivity contribution >= 4 is 11.9 Å². The van der Waals surface area contributed by atoms with Crippen LogP contribution in [-0.4, -0.2) is 28.1 Å². The van der Waals surface area contributed by atoms with E-state index in [1.54, 1.807) is 0 Å². The third-order valence-corrected chi connectivity index (χ3v) is 2.93. The topological polar surface area (TPSA) is 80.0 Å². The highest BCUT2D eigenvalue weighted by atomic mass is 16.5. The summed E-state index contributed by atoms with van der Waals surface area (Å²) in [5, 5.41) is 9.87. The van der Waals surface area contributed by atoms with Gasteiger partial charge in [-0.25, -0.2) is 0 Å². The molecule has 1 aromatic rings. The molecule has 0 aromatic carbocycles. The smallest absolute Gasteiger partial charge is 0.321 e. The largest absolute Gasteiger partial charge is 0.349 e. The summed E-state index contributed by atoms with van der Waals surface area (Å²) in [6, 6.07) is 0.413. The van der Waals surface area contributed by atoms with Gasteiger partial charge >= 0.3 is 6.01 Å². The highest BCUT2D eigenvalue weighted by molar-refractivity contribution is 5.79. The number of amides is 1. The fraction of sp³-hybridized carbons (Fsp3) is 0.727. The normalized spacial score (nSPS) is 24.1. The predicted octanol–water partition coefficient (Wildman–Crippen LogP) is 1.27. The zero-order valence-electron chi connectivity index (χ0n) is 10.4. The number of carbonyl (C=O) groups excluding carboxylic acids is 1. The third kappa shape index (κ3) is 2.75. The van der Waals surface area contributed by atoms with Crippen LogP contribution in [0.3, 0.4) is 0 Å². The molecule has 1 fully saturated rings. The van der Waals surface area contributed by atoms with Gasteiger partial charge in [0.2, 0.25) is 5.91 Å². The first-order valence-electron chi connectivity index (χ1n) is 5.87. The first-order valence-corrected chi connectivity index (χ1v) is 5.87. The Morgan fingerprint density at radius 3 is 2.88 bits per heavy atom. The van der Waals surface area contributed by atoms with Crippen molar-refractivity contribution in [3.8, 4) is 0 Å². The van der Waals surface area contributed by atoms with Crippen LogP contribution in [0.15, 0.2) is 4.52 Å². The highest BCUT2D eigenvalue weighted by Gasteiger charge is 2.33. The summed E-state index contributed by atoms with van der Waals surface area (Å²) in [5.41, 5.74) is -0.219. The van der Waals surface area contributed by atoms with Gasteiger partial charge in [0.25, 0.3) is 0 Å². The average molecular weight is 238 g/mol. The Labute approximate surface area is 100 Å². The Bertz CT molecular complexity index is 415. The quantitative estimate of drug-likeness (QED) is 0.825. The van der Waals surface area contributed by atoms with Crippen LogP contribution < -0.4 is 10.6 Å². The molecule has 1 aromatic heterocycles. The Balaban J connectivity index is 1.91. The number of hydrogen-bond donors (Lipinski definition) is 2. The third-order valence-electron chi connectivity index (χ3n) is 2.93. The van der Waals surface area contributed by atoms with Crippen molar-refractivity contribution in [2.75, 3.05) is 11.9 Å². The van der Waals surface area contributed by atoms with Gasteiger partial charge < -0.3 is 15.2 Å². The van der Waals surface area contributed by atoms with E-state index >= 15 is 0 Å². The lowest BCUT2D eigenvalue weighted by Gasteiger charge is -2.23. The highest BCUT2D eigenvalue weighted by Crippen LogP contribution is 2.20. The van der Waals surface area contributed by atoms with Gasteiger partial charge in [-0.3, -0.25) is 4.79 Å². The number of hydrogen-bond acceptors (Lipinski definition) is 5. The van der Waals surface area contributed by atoms with Crippen molar-refractivity contribution in [3.05, 3.63) is 5.82 Å². The van der Waals surface area contributed by atoms with Crippen molar-refractivity contribution < 1.29 is 9.32 Å². The molecule has 0 bridgehead atoms. The van der Waals surface area contributed by atoms with Crippen LogP contribution in [0.25, 0.3) is 0 Å². The van der Waals surface area contributed by atoms with E-state index in [0.717, 1.165) is 6.42 Å². The molecule has 0 radical (unpaired) electrons. The molecule has 2 heterocycles. The van der Waals surface area contributed by atoms with Crippen LogP contribution in [-0.2, 0) is 4.79 Å². The fourth-order valence-electron chi connectivity index (χ4n) is 1.80. The standard InChI is InChI=1S/C11H18N4O2/c1-7(2)9-13-10(17-15-9)12-6-11(3)5-4-8(16)14-11/h7H,4-6H2,1-3H3,(H,14,16)(H,12,13,15). The lowest BCUT2D eigenvalue weighted by atomic mass is 10.0. The second kappa shape index (κ2) is 4.35. The fourth-order valence-corrected chi connectivity index (χ4v) is 1.80. The zero-order chi connectivity index (χ0) is 12.5. The zero-order valence-corrected chi connectivity index (χ0v) is 10.4. The van der Waals surface area contributed by atoms with E-state index in [1.807, 2.05) is 20.8 Å². The van der Waals surface area contributed by atoms with E-state index in [0.29, 0.717) is 24.8 Å². The van der Waals surface area contributed by atoms with E-state index in [1.165, 1.54) is 0 Å². The molecule has 6 heteroatoms. The Hall–Kier alpha value is -1.59. The molecular weight excluding hydrogens is 220 g/mol. The molecule has 2 rings (SSSR count). The van der Waals surface area contributed by atoms with Crippen molar-refractivity contribution in [2.45, 2.75) is 45.1 Å². The molecule has 0 aliphatic carbocycles. The summed E-state index contributed by atoms with van der Waals surface area (Å²) in [7, 11) is 0. The van der Waals surface area contributed by atoms with Crippen LogP contribution in [0.2, 0.25) is 0 Å². The number of nitrogens with zero attached hydrogens (tertiary/aromatic N) is 2. The second-order valence-corrected chi connectivity index (χ2v) is 5.07. The first-order chi connectivity index (χ1) is 7.98. The first kappa shape index (κ1) is 11.9. The van der Waals surface area contributed by atoms with E-state index in [4.69, 9.17) is 4.52 Å². The summed E-state index contributed by atoms with van der Waals surface area (Å²) in [4.78, 5) is 15.4. The van der Waals surface area contributed by atoms with Gasteiger partial charge in [-0.2, -0.15) is 4.98 Å². The number of nitrogens with one attached hydrogen (secondary N) is 2. The monoisotopic (exact) mass is 238 g/mol. The van der Waals surface area contributed by atoms with Crippen molar-refractivity contribution in [1.29, 1.82) is 0 Å². The van der Waals surface area contributed by atoms with E-state index in [2.05, 4.69) is 20.8 Å². The molecule has 1 unspecified atom stereocenters. The number of aromatic nitrogens is 2. The molecule has 1 saturated heterocycles. The lowest BCUT2D eigenvalue weighted by Crippen LogP contribution is -2.44. The Morgan fingerprint density at radius 1 is 1.59 bits per heavy atom. The molecule has 6 nitrogen and oxygen atoms in total. The minimum atomic E-state index is -0.219. The maximum atomic E-state index is 11.2. The van der Waals surface area contributed by atoms with E-state index < -0.39 is 0 Å². The van der Waals surface area contributed by atoms with Crippen molar-refractivity contribution in [3.63, 3.8) is 0 Å². The number of anilines is 1. The molecule has 0 saturated carbocycles. The van der Waals surface area contributed by atoms with Crippen LogP contribution in [0.5, 0.6) is 0 Å². The van der Waals surface area contributed by atoms with Crippen LogP contribution in [0.4, 0.5) is 6.01 Å². The summed E-state index contributed by atoms with van der Waals surface area (Å²) in [6.07, 6.45) is 1.41. The average Bonchev–Trinajstić information content (AvgIpc) is 2.83. The minimum absolute atomic E-state index is 0.0997. The van der Waals surface area contributed by atoms with Gasteiger partial charge in [-0.15, -0.1) is 0 Å². The Morgan fingerprint density at radius 2 is 2.35 bits per heavy atom. The second-order valence-electron chi connectivity index (χ2n) is 5.07. The molecule has 2 N–H and O–H groups in total. The maximum absolute atomic E-state index is 11.2. The van der Waals surface area contributed by atoms with Crippen LogP contribution in [0, 0.1) is 0 Å². The van der Waals surface area contributed by atoms with Crippen LogP contribution in [0.1, 0.15) is 45.4 Å². The van der Waals surface area contributed by atoms with Gasteiger partial charge in [-0.05, 0) is 13.3 Å². The molecular formula is C11H18N4O2.